The van der Waals surface area contributed by atoms with E-state index in [1.165, 1.54) is 21.5 Å². The first kappa shape index (κ1) is 15.3. The van der Waals surface area contributed by atoms with Gasteiger partial charge in [-0.2, -0.15) is 0 Å². The summed E-state index contributed by atoms with van der Waals surface area (Å²) in [6.45, 7) is 1.48. The minimum absolute atomic E-state index is 0.107. The molecular formula is C21H19N3O2. The number of benzene rings is 2. The molecule has 26 heavy (non-hydrogen) atoms. The minimum atomic E-state index is -0.371. The topological polar surface area (TPSA) is 56.4 Å². The van der Waals surface area contributed by atoms with Gasteiger partial charge >= 0.3 is 0 Å². The number of hydrogen-bond donors (Lipinski definition) is 1. The number of nitrogens with one attached hydrogen (secondary N) is 1. The summed E-state index contributed by atoms with van der Waals surface area (Å²) >= 11 is 0. The molecule has 0 unspecified atom stereocenters. The summed E-state index contributed by atoms with van der Waals surface area (Å²) in [5.74, 6) is -0.222. The summed E-state index contributed by atoms with van der Waals surface area (Å²) < 4.78 is 0. The Hall–Kier alpha value is -2.92. The fourth-order valence-corrected chi connectivity index (χ4v) is 4.20. The van der Waals surface area contributed by atoms with Crippen LogP contribution in [0.3, 0.4) is 0 Å². The number of nitrogens with zero attached hydrogens (tertiary/aromatic N) is 2. The average molecular weight is 345 g/mol. The van der Waals surface area contributed by atoms with Crippen molar-refractivity contribution in [1.29, 1.82) is 0 Å². The standard InChI is InChI=1S/C21H19N3O2/c25-20-12-19(21(26)24(20)14-6-2-1-3-7-14)23-11-10-18-16(13-23)15-8-4-5-9-17(15)22-18/h1-9,19,22H,10-13H2/t19-/m0/s1. The normalized spacial score (nSPS) is 20.8. The van der Waals surface area contributed by atoms with E-state index >= 15 is 0 Å². The van der Waals surface area contributed by atoms with Crippen LogP contribution in [0.15, 0.2) is 54.6 Å². The van der Waals surface area contributed by atoms with Crippen LogP contribution in [0, 0.1) is 0 Å². The van der Waals surface area contributed by atoms with E-state index in [4.69, 9.17) is 0 Å². The molecule has 0 spiro atoms. The van der Waals surface area contributed by atoms with E-state index in [9.17, 15) is 9.59 Å². The van der Waals surface area contributed by atoms with Gasteiger partial charge in [0.1, 0.15) is 0 Å². The highest BCUT2D eigenvalue weighted by atomic mass is 16.2. The predicted octanol–water partition coefficient (Wildman–Crippen LogP) is 2.86. The Labute approximate surface area is 151 Å². The van der Waals surface area contributed by atoms with E-state index in [1.807, 2.05) is 42.5 Å². The van der Waals surface area contributed by atoms with Crippen LogP contribution >= 0.6 is 0 Å². The number of anilines is 1. The van der Waals surface area contributed by atoms with Crippen LogP contribution in [0.5, 0.6) is 0 Å². The summed E-state index contributed by atoms with van der Waals surface area (Å²) in [5.41, 5.74) is 4.30. The Bertz CT molecular complexity index is 1010. The SMILES string of the molecule is O=C1C[C@H](N2CCc3[nH]c4ccccc4c3C2)C(=O)N1c1ccccc1. The van der Waals surface area contributed by atoms with Gasteiger partial charge in [-0.3, -0.25) is 14.5 Å². The zero-order valence-electron chi connectivity index (χ0n) is 14.3. The first-order chi connectivity index (χ1) is 12.7. The van der Waals surface area contributed by atoms with Gasteiger partial charge in [0.15, 0.2) is 0 Å². The summed E-state index contributed by atoms with van der Waals surface area (Å²) in [6, 6.07) is 17.1. The molecule has 3 heterocycles. The second-order valence-electron chi connectivity index (χ2n) is 6.97. The van der Waals surface area contributed by atoms with Gasteiger partial charge < -0.3 is 4.98 Å². The van der Waals surface area contributed by atoms with Crippen molar-refractivity contribution in [3.05, 3.63) is 65.9 Å². The molecule has 1 aromatic heterocycles. The molecule has 5 rings (SSSR count). The third-order valence-corrected chi connectivity index (χ3v) is 5.49. The number of amides is 2. The van der Waals surface area contributed by atoms with Crippen LogP contribution in [0.25, 0.3) is 10.9 Å². The van der Waals surface area contributed by atoms with E-state index < -0.39 is 0 Å². The summed E-state index contributed by atoms with van der Waals surface area (Å²) in [7, 11) is 0. The molecule has 0 aliphatic carbocycles. The van der Waals surface area contributed by atoms with Crippen LogP contribution < -0.4 is 4.90 Å². The van der Waals surface area contributed by atoms with Gasteiger partial charge in [-0.15, -0.1) is 0 Å². The van der Waals surface area contributed by atoms with Gasteiger partial charge in [-0.25, -0.2) is 4.90 Å². The quantitative estimate of drug-likeness (QED) is 0.727. The number of fused-ring (bicyclic) bond motifs is 3. The van der Waals surface area contributed by atoms with Crippen molar-refractivity contribution in [2.24, 2.45) is 0 Å². The van der Waals surface area contributed by atoms with Gasteiger partial charge in [0.25, 0.3) is 5.91 Å². The fourth-order valence-electron chi connectivity index (χ4n) is 4.20. The van der Waals surface area contributed by atoms with Crippen molar-refractivity contribution in [3.63, 3.8) is 0 Å². The molecule has 0 bridgehead atoms. The zero-order valence-corrected chi connectivity index (χ0v) is 14.3. The molecular weight excluding hydrogens is 326 g/mol. The number of imide groups is 1. The highest BCUT2D eigenvalue weighted by Gasteiger charge is 2.43. The van der Waals surface area contributed by atoms with Gasteiger partial charge in [0.05, 0.1) is 18.2 Å². The maximum atomic E-state index is 13.0. The minimum Gasteiger partial charge on any atom is -0.358 e. The van der Waals surface area contributed by atoms with Gasteiger partial charge in [0.2, 0.25) is 5.91 Å². The van der Waals surface area contributed by atoms with Crippen molar-refractivity contribution in [3.8, 4) is 0 Å². The molecule has 2 aromatic carbocycles. The van der Waals surface area contributed by atoms with Crippen LogP contribution in [0.1, 0.15) is 17.7 Å². The Kier molecular flexibility index (Phi) is 3.43. The molecule has 1 atom stereocenters. The number of hydrogen-bond acceptors (Lipinski definition) is 3. The smallest absolute Gasteiger partial charge is 0.251 e. The summed E-state index contributed by atoms with van der Waals surface area (Å²) in [6.07, 6.45) is 1.12. The van der Waals surface area contributed by atoms with Crippen LogP contribution in [0.4, 0.5) is 5.69 Å². The number of rotatable bonds is 2. The third kappa shape index (κ3) is 2.28. The van der Waals surface area contributed by atoms with Crippen molar-refractivity contribution in [2.45, 2.75) is 25.4 Å². The van der Waals surface area contributed by atoms with Crippen molar-refractivity contribution < 1.29 is 9.59 Å². The number of aromatic nitrogens is 1. The van der Waals surface area contributed by atoms with Crippen LogP contribution in [-0.2, 0) is 22.6 Å². The second kappa shape index (κ2) is 5.81. The number of carbonyl (C=O) groups excluding carboxylic acids is 2. The molecule has 2 amide bonds. The van der Waals surface area contributed by atoms with Crippen LogP contribution in [-0.4, -0.2) is 34.3 Å². The molecule has 5 heteroatoms. The Morgan fingerprint density at radius 1 is 0.962 bits per heavy atom. The first-order valence-electron chi connectivity index (χ1n) is 8.97. The number of aromatic amines is 1. The van der Waals surface area contributed by atoms with Crippen molar-refractivity contribution in [1.82, 2.24) is 9.88 Å². The number of carbonyl (C=O) groups is 2. The Balaban J connectivity index is 1.45. The summed E-state index contributed by atoms with van der Waals surface area (Å²) in [5, 5.41) is 1.21. The lowest BCUT2D eigenvalue weighted by molar-refractivity contribution is -0.123. The molecule has 1 N–H and O–H groups in total. The molecule has 130 valence electrons. The van der Waals surface area contributed by atoms with E-state index in [-0.39, 0.29) is 24.3 Å². The molecule has 3 aromatic rings. The maximum absolute atomic E-state index is 13.0. The summed E-state index contributed by atoms with van der Waals surface area (Å²) in [4.78, 5) is 32.5. The third-order valence-electron chi connectivity index (χ3n) is 5.49. The van der Waals surface area contributed by atoms with Crippen LogP contribution in [0.2, 0.25) is 0 Å². The molecule has 0 radical (unpaired) electrons. The van der Waals surface area contributed by atoms with Gasteiger partial charge in [-0.1, -0.05) is 36.4 Å². The number of para-hydroxylation sites is 2. The molecule has 1 fully saturated rings. The van der Waals surface area contributed by atoms with E-state index in [0.717, 1.165) is 18.5 Å². The van der Waals surface area contributed by atoms with E-state index in [0.29, 0.717) is 12.2 Å². The monoisotopic (exact) mass is 345 g/mol. The van der Waals surface area contributed by atoms with Gasteiger partial charge in [-0.05, 0) is 23.8 Å². The lowest BCUT2D eigenvalue weighted by atomic mass is 10.0. The second-order valence-corrected chi connectivity index (χ2v) is 6.97. The van der Waals surface area contributed by atoms with Gasteiger partial charge in [0, 0.05) is 36.1 Å². The molecule has 0 saturated carbocycles. The zero-order chi connectivity index (χ0) is 17.7. The lowest BCUT2D eigenvalue weighted by Gasteiger charge is -2.31. The molecule has 5 nitrogen and oxygen atoms in total. The molecule has 1 saturated heterocycles. The average Bonchev–Trinajstić information content (AvgIpc) is 3.19. The van der Waals surface area contributed by atoms with Crippen molar-refractivity contribution >= 4 is 28.4 Å². The number of H-pyrrole nitrogens is 1. The predicted molar refractivity (Wildman–Crippen MR) is 99.8 cm³/mol. The molecule has 2 aliphatic rings. The largest absolute Gasteiger partial charge is 0.358 e. The Morgan fingerprint density at radius 2 is 1.73 bits per heavy atom. The highest BCUT2D eigenvalue weighted by Crippen LogP contribution is 2.32. The van der Waals surface area contributed by atoms with E-state index in [2.05, 4.69) is 22.0 Å². The molecule has 2 aliphatic heterocycles. The Morgan fingerprint density at radius 3 is 2.58 bits per heavy atom. The van der Waals surface area contributed by atoms with E-state index in [1.54, 1.807) is 0 Å². The first-order valence-corrected chi connectivity index (χ1v) is 8.97. The van der Waals surface area contributed by atoms with Crippen molar-refractivity contribution in [2.75, 3.05) is 11.4 Å². The highest BCUT2D eigenvalue weighted by molar-refractivity contribution is 6.22. The maximum Gasteiger partial charge on any atom is 0.251 e. The lowest BCUT2D eigenvalue weighted by Crippen LogP contribution is -2.44. The fraction of sp³-hybridized carbons (Fsp3) is 0.238.